The van der Waals surface area contributed by atoms with Crippen LogP contribution >= 0.6 is 0 Å². The Morgan fingerprint density at radius 3 is 3.07 bits per heavy atom. The zero-order chi connectivity index (χ0) is 10.8. The van der Waals surface area contributed by atoms with Gasteiger partial charge in [0.25, 0.3) is 0 Å². The molecule has 2 rings (SSSR count). The monoisotopic (exact) mass is 209 g/mol. The van der Waals surface area contributed by atoms with E-state index in [-0.39, 0.29) is 24.3 Å². The number of ketones is 1. The van der Waals surface area contributed by atoms with Crippen LogP contribution in [-0.2, 0) is 6.42 Å². The molecular weight excluding hydrogens is 197 g/mol. The number of benzene rings is 1. The number of ether oxygens (including phenoxy) is 1. The predicted octanol–water partition coefficient (Wildman–Crippen LogP) is 1.29. The van der Waals surface area contributed by atoms with Crippen LogP contribution in [0.3, 0.4) is 0 Å². The highest BCUT2D eigenvalue weighted by molar-refractivity contribution is 5.96. The summed E-state index contributed by atoms with van der Waals surface area (Å²) in [5.74, 6) is -0.134. The van der Waals surface area contributed by atoms with Crippen LogP contribution in [0.4, 0.5) is 4.39 Å². The molecule has 0 amide bonds. The molecule has 0 atom stereocenters. The van der Waals surface area contributed by atoms with E-state index in [0.29, 0.717) is 24.3 Å². The average Bonchev–Trinajstić information content (AvgIpc) is 2.67. The van der Waals surface area contributed by atoms with Crippen molar-refractivity contribution >= 4 is 5.78 Å². The van der Waals surface area contributed by atoms with E-state index < -0.39 is 5.82 Å². The SMILES string of the molecule is NCCC(=O)c1ccc2c(c1F)CCO2. The number of halogens is 1. The van der Waals surface area contributed by atoms with Crippen LogP contribution in [0.2, 0.25) is 0 Å². The summed E-state index contributed by atoms with van der Waals surface area (Å²) in [4.78, 5) is 11.5. The summed E-state index contributed by atoms with van der Waals surface area (Å²) < 4.78 is 19.0. The molecule has 0 fully saturated rings. The summed E-state index contributed by atoms with van der Waals surface area (Å²) in [7, 11) is 0. The highest BCUT2D eigenvalue weighted by Crippen LogP contribution is 2.29. The Balaban J connectivity index is 2.38. The second-order valence-electron chi connectivity index (χ2n) is 3.46. The van der Waals surface area contributed by atoms with Gasteiger partial charge in [-0.3, -0.25) is 4.79 Å². The quantitative estimate of drug-likeness (QED) is 0.763. The Labute approximate surface area is 87.0 Å². The summed E-state index contributed by atoms with van der Waals surface area (Å²) in [6, 6.07) is 3.12. The summed E-state index contributed by atoms with van der Waals surface area (Å²) in [6.45, 7) is 0.729. The van der Waals surface area contributed by atoms with Gasteiger partial charge in [0.1, 0.15) is 11.6 Å². The van der Waals surface area contributed by atoms with Crippen molar-refractivity contribution in [3.8, 4) is 5.75 Å². The third-order valence-electron chi connectivity index (χ3n) is 2.48. The number of carbonyl (C=O) groups is 1. The fourth-order valence-corrected chi connectivity index (χ4v) is 1.72. The van der Waals surface area contributed by atoms with Gasteiger partial charge in [-0.15, -0.1) is 0 Å². The lowest BCUT2D eigenvalue weighted by Gasteiger charge is -2.05. The third kappa shape index (κ3) is 1.72. The largest absolute Gasteiger partial charge is 0.493 e. The van der Waals surface area contributed by atoms with E-state index in [1.807, 2.05) is 0 Å². The molecule has 80 valence electrons. The van der Waals surface area contributed by atoms with Crippen LogP contribution in [0, 0.1) is 5.82 Å². The number of Topliss-reactive ketones (excluding diaryl/α,β-unsaturated/α-hetero) is 1. The van der Waals surface area contributed by atoms with E-state index in [4.69, 9.17) is 10.5 Å². The van der Waals surface area contributed by atoms with Gasteiger partial charge in [-0.25, -0.2) is 4.39 Å². The van der Waals surface area contributed by atoms with Gasteiger partial charge in [0.2, 0.25) is 0 Å². The third-order valence-corrected chi connectivity index (χ3v) is 2.48. The Kier molecular flexibility index (Phi) is 2.68. The normalized spacial score (nSPS) is 13.5. The van der Waals surface area contributed by atoms with Gasteiger partial charge in [-0.05, 0) is 18.7 Å². The molecule has 0 radical (unpaired) electrons. The van der Waals surface area contributed by atoms with Gasteiger partial charge in [-0.2, -0.15) is 0 Å². The number of fused-ring (bicyclic) bond motifs is 1. The Hall–Kier alpha value is -1.42. The second-order valence-corrected chi connectivity index (χ2v) is 3.46. The smallest absolute Gasteiger partial charge is 0.167 e. The first-order chi connectivity index (χ1) is 7.24. The number of carbonyl (C=O) groups excluding carboxylic acids is 1. The van der Waals surface area contributed by atoms with E-state index in [0.717, 1.165) is 0 Å². The van der Waals surface area contributed by atoms with Crippen molar-refractivity contribution < 1.29 is 13.9 Å². The molecule has 0 unspecified atom stereocenters. The molecular formula is C11H12FNO2. The summed E-state index contributed by atoms with van der Waals surface area (Å²) in [5, 5.41) is 0. The van der Waals surface area contributed by atoms with Crippen molar-refractivity contribution in [3.05, 3.63) is 29.1 Å². The summed E-state index contributed by atoms with van der Waals surface area (Å²) >= 11 is 0. The summed E-state index contributed by atoms with van der Waals surface area (Å²) in [6.07, 6.45) is 0.710. The zero-order valence-electron chi connectivity index (χ0n) is 8.25. The van der Waals surface area contributed by atoms with Crippen LogP contribution in [0.25, 0.3) is 0 Å². The molecule has 0 spiro atoms. The lowest BCUT2D eigenvalue weighted by atomic mass is 10.0. The number of nitrogens with two attached hydrogens (primary N) is 1. The van der Waals surface area contributed by atoms with Crippen LogP contribution in [0.1, 0.15) is 22.3 Å². The predicted molar refractivity (Wildman–Crippen MR) is 53.6 cm³/mol. The number of rotatable bonds is 3. The molecule has 1 aliphatic heterocycles. The molecule has 0 saturated carbocycles. The van der Waals surface area contributed by atoms with Gasteiger partial charge in [0.05, 0.1) is 12.2 Å². The fraction of sp³-hybridized carbons (Fsp3) is 0.364. The Morgan fingerprint density at radius 2 is 2.33 bits per heavy atom. The molecule has 3 nitrogen and oxygen atoms in total. The van der Waals surface area contributed by atoms with E-state index in [9.17, 15) is 9.18 Å². The van der Waals surface area contributed by atoms with Crippen molar-refractivity contribution in [1.29, 1.82) is 0 Å². The molecule has 1 aliphatic rings. The first-order valence-corrected chi connectivity index (χ1v) is 4.91. The Bertz CT molecular complexity index is 404. The van der Waals surface area contributed by atoms with Gasteiger partial charge in [0, 0.05) is 18.4 Å². The van der Waals surface area contributed by atoms with E-state index in [1.54, 1.807) is 6.07 Å². The highest BCUT2D eigenvalue weighted by Gasteiger charge is 2.21. The first-order valence-electron chi connectivity index (χ1n) is 4.91. The van der Waals surface area contributed by atoms with Crippen molar-refractivity contribution in [2.45, 2.75) is 12.8 Å². The van der Waals surface area contributed by atoms with Gasteiger partial charge < -0.3 is 10.5 Å². The van der Waals surface area contributed by atoms with Crippen LogP contribution < -0.4 is 10.5 Å². The minimum Gasteiger partial charge on any atom is -0.493 e. The maximum Gasteiger partial charge on any atom is 0.167 e. The molecule has 0 aromatic heterocycles. The van der Waals surface area contributed by atoms with Crippen molar-refractivity contribution in [2.75, 3.05) is 13.2 Å². The minimum absolute atomic E-state index is 0.129. The fourth-order valence-electron chi connectivity index (χ4n) is 1.72. The molecule has 4 heteroatoms. The van der Waals surface area contributed by atoms with Gasteiger partial charge in [0.15, 0.2) is 5.78 Å². The van der Waals surface area contributed by atoms with Crippen LogP contribution in [0.5, 0.6) is 5.75 Å². The molecule has 2 N–H and O–H groups in total. The lowest BCUT2D eigenvalue weighted by molar-refractivity contribution is 0.0981. The van der Waals surface area contributed by atoms with E-state index >= 15 is 0 Å². The molecule has 1 aromatic rings. The average molecular weight is 209 g/mol. The van der Waals surface area contributed by atoms with Crippen LogP contribution in [-0.4, -0.2) is 18.9 Å². The van der Waals surface area contributed by atoms with Gasteiger partial charge >= 0.3 is 0 Å². The molecule has 0 saturated heterocycles. The minimum atomic E-state index is -0.441. The molecule has 0 bridgehead atoms. The standard InChI is InChI=1S/C11H12FNO2/c12-11-7(9(14)3-5-13)1-2-10-8(11)4-6-15-10/h1-2H,3-6,13H2. The van der Waals surface area contributed by atoms with E-state index in [2.05, 4.69) is 0 Å². The molecule has 15 heavy (non-hydrogen) atoms. The topological polar surface area (TPSA) is 52.3 Å². The number of hydrogen-bond acceptors (Lipinski definition) is 3. The zero-order valence-corrected chi connectivity index (χ0v) is 8.25. The van der Waals surface area contributed by atoms with Crippen LogP contribution in [0.15, 0.2) is 12.1 Å². The maximum atomic E-state index is 13.8. The number of hydrogen-bond donors (Lipinski definition) is 1. The van der Waals surface area contributed by atoms with Crippen molar-refractivity contribution in [2.24, 2.45) is 5.73 Å². The van der Waals surface area contributed by atoms with Gasteiger partial charge in [-0.1, -0.05) is 0 Å². The Morgan fingerprint density at radius 1 is 1.53 bits per heavy atom. The molecule has 1 aromatic carbocycles. The van der Waals surface area contributed by atoms with Crippen molar-refractivity contribution in [1.82, 2.24) is 0 Å². The lowest BCUT2D eigenvalue weighted by Crippen LogP contribution is -2.10. The summed E-state index contributed by atoms with van der Waals surface area (Å²) in [5.41, 5.74) is 5.90. The highest BCUT2D eigenvalue weighted by atomic mass is 19.1. The second kappa shape index (κ2) is 3.98. The molecule has 0 aliphatic carbocycles. The van der Waals surface area contributed by atoms with Crippen molar-refractivity contribution in [3.63, 3.8) is 0 Å². The molecule has 1 heterocycles. The van der Waals surface area contributed by atoms with E-state index in [1.165, 1.54) is 6.07 Å². The maximum absolute atomic E-state index is 13.8. The first kappa shape index (κ1) is 10.1.